The maximum atomic E-state index is 14.0. The van der Waals surface area contributed by atoms with Gasteiger partial charge in [-0.15, -0.1) is 0 Å². The highest BCUT2D eigenvalue weighted by Crippen LogP contribution is 2.44. The Morgan fingerprint density at radius 3 is 1.80 bits per heavy atom. The molecule has 76 heavy (non-hydrogen) atoms. The van der Waals surface area contributed by atoms with Crippen LogP contribution in [0.4, 0.5) is 9.59 Å². The lowest BCUT2D eigenvalue weighted by Crippen LogP contribution is -2.53. The molecular formula is C59H78N6O11. The first kappa shape index (κ1) is 58.2. The molecule has 0 radical (unpaired) electrons. The number of benzene rings is 3. The number of hydrogen-bond acceptors (Lipinski definition) is 12. The second-order valence-electron chi connectivity index (χ2n) is 22.9. The van der Waals surface area contributed by atoms with Gasteiger partial charge in [0.1, 0.15) is 41.5 Å². The van der Waals surface area contributed by atoms with Gasteiger partial charge in [-0.25, -0.2) is 19.2 Å². The van der Waals surface area contributed by atoms with Gasteiger partial charge in [-0.1, -0.05) is 66.7 Å². The van der Waals surface area contributed by atoms with Crippen molar-refractivity contribution in [3.63, 3.8) is 0 Å². The van der Waals surface area contributed by atoms with Crippen LogP contribution in [0.1, 0.15) is 143 Å². The Hall–Kier alpha value is -7.04. The number of nitrogens with zero attached hydrogens (tertiary/aromatic N) is 1. The molecule has 1 saturated carbocycles. The Morgan fingerprint density at radius 2 is 1.20 bits per heavy atom. The highest BCUT2D eigenvalue weighted by Gasteiger charge is 2.34. The summed E-state index contributed by atoms with van der Waals surface area (Å²) < 4.78 is 22.3. The van der Waals surface area contributed by atoms with Gasteiger partial charge in [-0.2, -0.15) is 0 Å². The van der Waals surface area contributed by atoms with Gasteiger partial charge in [0.2, 0.25) is 11.8 Å². The summed E-state index contributed by atoms with van der Waals surface area (Å²) in [5.74, 6) is -2.81. The number of urea groups is 1. The molecule has 17 nitrogen and oxygen atoms in total. The molecule has 17 heteroatoms. The first-order valence-corrected chi connectivity index (χ1v) is 26.7. The average molecular weight is 1050 g/mol. The number of amides is 5. The van der Waals surface area contributed by atoms with Gasteiger partial charge in [0.15, 0.2) is 0 Å². The first-order valence-electron chi connectivity index (χ1n) is 26.7. The van der Waals surface area contributed by atoms with Crippen molar-refractivity contribution in [2.45, 2.75) is 167 Å². The molecule has 1 fully saturated rings. The second kappa shape index (κ2) is 26.1. The zero-order valence-electron chi connectivity index (χ0n) is 45.7. The predicted octanol–water partition coefficient (Wildman–Crippen LogP) is 8.74. The lowest BCUT2D eigenvalue weighted by Gasteiger charge is -2.29. The number of hydrogen-bond donors (Lipinski definition) is 5. The van der Waals surface area contributed by atoms with Crippen LogP contribution in [-0.2, 0) is 49.3 Å². The molecule has 410 valence electrons. The van der Waals surface area contributed by atoms with Gasteiger partial charge in [0.25, 0.3) is 0 Å². The predicted molar refractivity (Wildman–Crippen MR) is 289 cm³/mol. The quantitative estimate of drug-likeness (QED) is 0.0300. The van der Waals surface area contributed by atoms with Gasteiger partial charge in [0, 0.05) is 49.4 Å². The van der Waals surface area contributed by atoms with Crippen LogP contribution in [0, 0.1) is 11.8 Å². The van der Waals surface area contributed by atoms with Crippen molar-refractivity contribution in [1.82, 2.24) is 31.6 Å². The summed E-state index contributed by atoms with van der Waals surface area (Å²) in [6.45, 7) is 16.2. The third kappa shape index (κ3) is 18.1. The zero-order chi connectivity index (χ0) is 55.2. The molecule has 3 aromatic carbocycles. The minimum Gasteiger partial charge on any atom is -0.460 e. The maximum Gasteiger partial charge on any atom is 0.407 e. The molecule has 0 spiro atoms. The lowest BCUT2D eigenvalue weighted by molar-refractivity contribution is -0.159. The normalized spacial score (nSPS) is 16.6. The lowest BCUT2D eigenvalue weighted by atomic mass is 9.81. The van der Waals surface area contributed by atoms with E-state index in [2.05, 4.69) is 55.8 Å². The Labute approximate surface area is 447 Å². The number of alkyl carbamates (subject to hydrolysis) is 1. The number of nitrogens with one attached hydrogen (secondary N) is 5. The van der Waals surface area contributed by atoms with E-state index in [0.717, 1.165) is 38.7 Å². The van der Waals surface area contributed by atoms with Gasteiger partial charge < -0.3 is 45.5 Å². The number of pyridine rings is 1. The summed E-state index contributed by atoms with van der Waals surface area (Å²) in [4.78, 5) is 98.1. The third-order valence-electron chi connectivity index (χ3n) is 13.1. The number of unbranched alkanes of at least 4 members (excludes halogenated alkanes) is 1. The standard InChI is InChI=1S/C59H78N6O11/c1-57(2,3)74-50(66)30-29-48(54(70)76-59(7,8)9)65-55(71)64-47(53(69)75-58(4,5)6)24-16-17-31-60-52(68)49(33-38-32-40-18-10-15-23-46(40)61-35-38)63-51(67)39-27-25-37(26-28-39)34-62-56(72)73-36-45-43-21-13-11-19-41(43)42-20-12-14-22-44(42)45/h10-15,18-23,32,35,37,39,45,47-49H,16-17,24-31,33-34,36H2,1-9H3,(H,60,68)(H,62,72)(H,63,67)(H2,64,65,71)/t37?,39?,47-,48-,49-/m0/s1. The van der Waals surface area contributed by atoms with Crippen LogP contribution in [0.15, 0.2) is 85.1 Å². The number of carbonyl (C=O) groups excluding carboxylic acids is 7. The van der Waals surface area contributed by atoms with E-state index >= 15 is 0 Å². The molecule has 3 atom stereocenters. The molecule has 5 N–H and O–H groups in total. The molecule has 6 rings (SSSR count). The summed E-state index contributed by atoms with van der Waals surface area (Å²) in [5.41, 5.74) is 3.67. The Balaban J connectivity index is 1.01. The summed E-state index contributed by atoms with van der Waals surface area (Å²) in [5, 5.41) is 15.1. The van der Waals surface area contributed by atoms with Crippen LogP contribution in [0.3, 0.4) is 0 Å². The molecule has 0 unspecified atom stereocenters. The van der Waals surface area contributed by atoms with E-state index in [1.165, 1.54) is 0 Å². The van der Waals surface area contributed by atoms with Crippen molar-refractivity contribution in [3.8, 4) is 11.1 Å². The topological polar surface area (TPSA) is 229 Å². The van der Waals surface area contributed by atoms with Gasteiger partial charge >= 0.3 is 30.0 Å². The monoisotopic (exact) mass is 1050 g/mol. The van der Waals surface area contributed by atoms with Crippen LogP contribution in [0.5, 0.6) is 0 Å². The van der Waals surface area contributed by atoms with Crippen molar-refractivity contribution in [1.29, 1.82) is 0 Å². The Kier molecular flexibility index (Phi) is 20.0. The highest BCUT2D eigenvalue weighted by molar-refractivity contribution is 5.90. The number of carbonyl (C=O) groups is 7. The van der Waals surface area contributed by atoms with E-state index in [4.69, 9.17) is 18.9 Å². The molecule has 5 amide bonds. The van der Waals surface area contributed by atoms with E-state index in [1.54, 1.807) is 68.5 Å². The summed E-state index contributed by atoms with van der Waals surface area (Å²) in [7, 11) is 0. The van der Waals surface area contributed by atoms with E-state index < -0.39 is 65.0 Å². The van der Waals surface area contributed by atoms with Crippen molar-refractivity contribution in [2.24, 2.45) is 11.8 Å². The van der Waals surface area contributed by atoms with Crippen molar-refractivity contribution >= 4 is 52.7 Å². The molecule has 0 bridgehead atoms. The molecule has 2 aliphatic rings. The van der Waals surface area contributed by atoms with Gasteiger partial charge in [0.05, 0.1) is 5.52 Å². The highest BCUT2D eigenvalue weighted by atomic mass is 16.6. The van der Waals surface area contributed by atoms with Crippen molar-refractivity contribution < 1.29 is 52.5 Å². The van der Waals surface area contributed by atoms with E-state index in [0.29, 0.717) is 45.1 Å². The number of rotatable bonds is 21. The molecule has 0 saturated heterocycles. The van der Waals surface area contributed by atoms with Crippen LogP contribution in [-0.4, -0.2) is 101 Å². The van der Waals surface area contributed by atoms with Crippen LogP contribution >= 0.6 is 0 Å². The molecule has 0 aliphatic heterocycles. The number of aromatic nitrogens is 1. The fraction of sp³-hybridized carbons (Fsp3) is 0.525. The van der Waals surface area contributed by atoms with E-state index in [-0.39, 0.29) is 68.4 Å². The SMILES string of the molecule is CC(C)(C)OC(=O)CC[C@H](NC(=O)N[C@@H](CCCCNC(=O)[C@H](Cc1cnc2ccccc2c1)NC(=O)C1CCC(CNC(=O)OCC2c3ccccc3-c3ccccc32)CC1)C(=O)OC(C)(C)C)C(=O)OC(C)(C)C. The third-order valence-corrected chi connectivity index (χ3v) is 13.1. The fourth-order valence-corrected chi connectivity index (χ4v) is 9.53. The number of esters is 3. The molecule has 1 aromatic heterocycles. The fourth-order valence-electron chi connectivity index (χ4n) is 9.53. The molecule has 1 heterocycles. The van der Waals surface area contributed by atoms with Crippen LogP contribution in [0.25, 0.3) is 22.0 Å². The zero-order valence-corrected chi connectivity index (χ0v) is 45.7. The number of fused-ring (bicyclic) bond motifs is 4. The van der Waals surface area contributed by atoms with Crippen LogP contribution < -0.4 is 26.6 Å². The minimum atomic E-state index is -1.23. The van der Waals surface area contributed by atoms with Crippen molar-refractivity contribution in [3.05, 3.63) is 102 Å². The smallest absolute Gasteiger partial charge is 0.407 e. The number of para-hydroxylation sites is 1. The van der Waals surface area contributed by atoms with E-state index in [9.17, 15) is 33.6 Å². The Morgan fingerprint density at radius 1 is 0.632 bits per heavy atom. The second-order valence-corrected chi connectivity index (χ2v) is 22.9. The molecule has 4 aromatic rings. The average Bonchev–Trinajstić information content (AvgIpc) is 3.67. The number of ether oxygens (including phenoxy) is 4. The molecule has 2 aliphatic carbocycles. The van der Waals surface area contributed by atoms with Gasteiger partial charge in [-0.05, 0) is 160 Å². The van der Waals surface area contributed by atoms with E-state index in [1.807, 2.05) is 54.6 Å². The summed E-state index contributed by atoms with van der Waals surface area (Å²) in [6.07, 6.45) is 4.64. The minimum absolute atomic E-state index is 0.0376. The summed E-state index contributed by atoms with van der Waals surface area (Å²) >= 11 is 0. The molecular weight excluding hydrogens is 969 g/mol. The maximum absolute atomic E-state index is 14.0. The largest absolute Gasteiger partial charge is 0.460 e. The van der Waals surface area contributed by atoms with Gasteiger partial charge in [-0.3, -0.25) is 19.4 Å². The summed E-state index contributed by atoms with van der Waals surface area (Å²) in [6, 6.07) is 21.9. The van der Waals surface area contributed by atoms with Crippen LogP contribution in [0.2, 0.25) is 0 Å². The first-order chi connectivity index (χ1) is 35.9. The Bertz CT molecular complexity index is 2630. The van der Waals surface area contributed by atoms with Crippen molar-refractivity contribution in [2.75, 3.05) is 19.7 Å².